The lowest BCUT2D eigenvalue weighted by Gasteiger charge is -2.31. The molecule has 0 unspecified atom stereocenters. The molecule has 7 heteroatoms. The first-order valence-corrected chi connectivity index (χ1v) is 9.64. The first kappa shape index (κ1) is 19.5. The van der Waals surface area contributed by atoms with Crippen molar-refractivity contribution in [3.8, 4) is 0 Å². The van der Waals surface area contributed by atoms with Crippen LogP contribution < -0.4 is 5.32 Å². The fraction of sp³-hybridized carbons (Fsp3) is 0.550. The van der Waals surface area contributed by atoms with Crippen molar-refractivity contribution in [2.24, 2.45) is 0 Å². The molecule has 2 aromatic heterocycles. The molecule has 0 bridgehead atoms. The van der Waals surface area contributed by atoms with Crippen LogP contribution in [0.2, 0.25) is 0 Å². The second-order valence-corrected chi connectivity index (χ2v) is 7.02. The Bertz CT molecular complexity index is 751. The van der Waals surface area contributed by atoms with Crippen molar-refractivity contribution in [2.75, 3.05) is 25.0 Å². The number of likely N-dealkylation sites (tertiary alicyclic amines) is 1. The molecule has 0 aromatic carbocycles. The van der Waals surface area contributed by atoms with Gasteiger partial charge >= 0.3 is 0 Å². The van der Waals surface area contributed by atoms with Gasteiger partial charge in [-0.05, 0) is 45.7 Å². The van der Waals surface area contributed by atoms with Gasteiger partial charge in [0, 0.05) is 25.8 Å². The van der Waals surface area contributed by atoms with Crippen LogP contribution in [0.1, 0.15) is 36.8 Å². The molecule has 1 fully saturated rings. The lowest BCUT2D eigenvalue weighted by Crippen LogP contribution is -2.41. The summed E-state index contributed by atoms with van der Waals surface area (Å²) in [6, 6.07) is 5.86. The number of carbonyl (C=O) groups is 1. The van der Waals surface area contributed by atoms with Gasteiger partial charge in [-0.1, -0.05) is 6.07 Å². The van der Waals surface area contributed by atoms with Crippen molar-refractivity contribution >= 4 is 11.6 Å². The maximum Gasteiger partial charge on any atom is 0.238 e. The number of pyridine rings is 1. The maximum absolute atomic E-state index is 12.4. The van der Waals surface area contributed by atoms with E-state index in [1.165, 1.54) is 0 Å². The first-order chi connectivity index (χ1) is 13.1. The number of hydrogen-bond acceptors (Lipinski definition) is 5. The van der Waals surface area contributed by atoms with Crippen LogP contribution in [0.3, 0.4) is 0 Å². The van der Waals surface area contributed by atoms with Gasteiger partial charge in [-0.15, -0.1) is 0 Å². The summed E-state index contributed by atoms with van der Waals surface area (Å²) in [6.07, 6.45) is 3.89. The zero-order chi connectivity index (χ0) is 19.2. The van der Waals surface area contributed by atoms with Crippen molar-refractivity contribution in [3.63, 3.8) is 0 Å². The Labute approximate surface area is 160 Å². The smallest absolute Gasteiger partial charge is 0.238 e. The van der Waals surface area contributed by atoms with E-state index in [0.29, 0.717) is 13.2 Å². The minimum Gasteiger partial charge on any atom is -0.372 e. The number of aryl methyl sites for hydroxylation is 2. The van der Waals surface area contributed by atoms with Crippen LogP contribution in [-0.4, -0.2) is 51.3 Å². The zero-order valence-corrected chi connectivity index (χ0v) is 16.4. The molecule has 3 rings (SSSR count). The average Bonchev–Trinajstić information content (AvgIpc) is 2.96. The summed E-state index contributed by atoms with van der Waals surface area (Å²) < 4.78 is 7.88. The largest absolute Gasteiger partial charge is 0.372 e. The summed E-state index contributed by atoms with van der Waals surface area (Å²) in [5.41, 5.74) is 3.67. The Morgan fingerprint density at radius 3 is 2.70 bits per heavy atom. The van der Waals surface area contributed by atoms with E-state index in [1.807, 2.05) is 43.7 Å². The van der Waals surface area contributed by atoms with E-state index in [9.17, 15) is 4.79 Å². The van der Waals surface area contributed by atoms with Gasteiger partial charge in [0.05, 0.1) is 42.0 Å². The van der Waals surface area contributed by atoms with Gasteiger partial charge in [-0.2, -0.15) is 5.10 Å². The minimum absolute atomic E-state index is 0.0182. The Kier molecular flexibility index (Phi) is 6.58. The van der Waals surface area contributed by atoms with Gasteiger partial charge in [0.1, 0.15) is 0 Å². The monoisotopic (exact) mass is 371 g/mol. The predicted molar refractivity (Wildman–Crippen MR) is 104 cm³/mol. The lowest BCUT2D eigenvalue weighted by atomic mass is 10.1. The normalized spacial score (nSPS) is 15.8. The number of hydrogen-bond donors (Lipinski definition) is 1. The minimum atomic E-state index is 0.0182. The van der Waals surface area contributed by atoms with Gasteiger partial charge < -0.3 is 10.1 Å². The highest BCUT2D eigenvalue weighted by Gasteiger charge is 2.22. The van der Waals surface area contributed by atoms with Crippen LogP contribution >= 0.6 is 0 Å². The van der Waals surface area contributed by atoms with Crippen LogP contribution in [0.5, 0.6) is 0 Å². The third-order valence-corrected chi connectivity index (χ3v) is 5.04. The summed E-state index contributed by atoms with van der Waals surface area (Å²) in [5, 5.41) is 7.49. The number of anilines is 1. The zero-order valence-electron chi connectivity index (χ0n) is 16.4. The summed E-state index contributed by atoms with van der Waals surface area (Å²) in [6.45, 7) is 9.45. The Hall–Kier alpha value is -2.25. The van der Waals surface area contributed by atoms with Gasteiger partial charge in [-0.3, -0.25) is 19.4 Å². The molecule has 7 nitrogen and oxygen atoms in total. The Morgan fingerprint density at radius 2 is 2.07 bits per heavy atom. The highest BCUT2D eigenvalue weighted by Crippen LogP contribution is 2.20. The molecule has 0 aliphatic carbocycles. The second kappa shape index (κ2) is 9.10. The van der Waals surface area contributed by atoms with E-state index >= 15 is 0 Å². The van der Waals surface area contributed by atoms with Crippen molar-refractivity contribution < 1.29 is 9.53 Å². The number of rotatable bonds is 7. The standard InChI is InChI=1S/C20H29N5O2/c1-4-25-16(3)20(15(2)23-25)22-19(26)13-24-11-8-18(9-12-24)27-14-17-7-5-6-10-21-17/h5-7,10,18H,4,8-9,11-14H2,1-3H3,(H,22,26). The summed E-state index contributed by atoms with van der Waals surface area (Å²) in [7, 11) is 0. The van der Waals surface area contributed by atoms with E-state index < -0.39 is 0 Å². The molecule has 3 heterocycles. The van der Waals surface area contributed by atoms with Gasteiger partial charge in [0.25, 0.3) is 0 Å². The first-order valence-electron chi connectivity index (χ1n) is 9.64. The fourth-order valence-electron chi connectivity index (χ4n) is 3.49. The molecule has 2 aromatic rings. The average molecular weight is 371 g/mol. The molecular formula is C20H29N5O2. The number of nitrogens with one attached hydrogen (secondary N) is 1. The van der Waals surface area contributed by atoms with Gasteiger partial charge in [-0.25, -0.2) is 0 Å². The third-order valence-electron chi connectivity index (χ3n) is 5.04. The van der Waals surface area contributed by atoms with E-state index in [-0.39, 0.29) is 12.0 Å². The third kappa shape index (κ3) is 5.14. The fourth-order valence-corrected chi connectivity index (χ4v) is 3.49. The second-order valence-electron chi connectivity index (χ2n) is 7.02. The molecule has 1 aliphatic rings. The van der Waals surface area contributed by atoms with Crippen LogP contribution in [0, 0.1) is 13.8 Å². The van der Waals surface area contributed by atoms with Crippen LogP contribution in [0.15, 0.2) is 24.4 Å². The highest BCUT2D eigenvalue weighted by molar-refractivity contribution is 5.93. The van der Waals surface area contributed by atoms with Gasteiger partial charge in [0.2, 0.25) is 5.91 Å². The van der Waals surface area contributed by atoms with Crippen LogP contribution in [-0.2, 0) is 22.7 Å². The van der Waals surface area contributed by atoms with Crippen LogP contribution in [0.4, 0.5) is 5.69 Å². The van der Waals surface area contributed by atoms with E-state index in [4.69, 9.17) is 4.74 Å². The molecule has 146 valence electrons. The number of piperidine rings is 1. The van der Waals surface area contributed by atoms with Gasteiger partial charge in [0.15, 0.2) is 0 Å². The Balaban J connectivity index is 1.42. The SMILES string of the molecule is CCn1nc(C)c(NC(=O)CN2CCC(OCc3ccccn3)CC2)c1C. The van der Waals surface area contributed by atoms with E-state index in [1.54, 1.807) is 6.20 Å². The van der Waals surface area contributed by atoms with Crippen LogP contribution in [0.25, 0.3) is 0 Å². The molecule has 0 spiro atoms. The summed E-state index contributed by atoms with van der Waals surface area (Å²) >= 11 is 0. The predicted octanol–water partition coefficient (Wildman–Crippen LogP) is 2.53. The quantitative estimate of drug-likeness (QED) is 0.810. The molecule has 0 radical (unpaired) electrons. The molecule has 0 saturated carbocycles. The van der Waals surface area contributed by atoms with Crippen molar-refractivity contribution in [2.45, 2.75) is 52.9 Å². The van der Waals surface area contributed by atoms with E-state index in [0.717, 1.165) is 55.2 Å². The number of carbonyl (C=O) groups excluding carboxylic acids is 1. The number of aromatic nitrogens is 3. The topological polar surface area (TPSA) is 72.3 Å². The molecule has 1 N–H and O–H groups in total. The molecule has 27 heavy (non-hydrogen) atoms. The van der Waals surface area contributed by atoms with E-state index in [2.05, 4.69) is 20.3 Å². The number of amides is 1. The lowest BCUT2D eigenvalue weighted by molar-refractivity contribution is -0.118. The van der Waals surface area contributed by atoms with Crippen molar-refractivity contribution in [1.82, 2.24) is 19.7 Å². The molecule has 1 amide bonds. The molecule has 1 aliphatic heterocycles. The number of nitrogens with zero attached hydrogens (tertiary/aromatic N) is 4. The number of ether oxygens (including phenoxy) is 1. The molecule has 1 saturated heterocycles. The molecular weight excluding hydrogens is 342 g/mol. The summed E-state index contributed by atoms with van der Waals surface area (Å²) in [5.74, 6) is 0.0182. The van der Waals surface area contributed by atoms with Crippen molar-refractivity contribution in [3.05, 3.63) is 41.5 Å². The summed E-state index contributed by atoms with van der Waals surface area (Å²) in [4.78, 5) is 18.9. The van der Waals surface area contributed by atoms with Crippen molar-refractivity contribution in [1.29, 1.82) is 0 Å². The molecule has 0 atom stereocenters. The highest BCUT2D eigenvalue weighted by atomic mass is 16.5. The Morgan fingerprint density at radius 1 is 1.30 bits per heavy atom. The maximum atomic E-state index is 12.4.